The maximum absolute atomic E-state index is 13.1. The molecule has 3 heterocycles. The first kappa shape index (κ1) is 16.7. The number of rotatable bonds is 3. The lowest BCUT2D eigenvalue weighted by Crippen LogP contribution is -2.29. The van der Waals surface area contributed by atoms with Gasteiger partial charge in [0.1, 0.15) is 17.0 Å². The Kier molecular flexibility index (Phi) is 4.04. The lowest BCUT2D eigenvalue weighted by atomic mass is 10.1. The monoisotopic (exact) mass is 362 g/mol. The molecular weight excluding hydrogens is 347 g/mol. The van der Waals surface area contributed by atoms with Crippen LogP contribution in [0.4, 0.5) is 10.1 Å². The molecule has 3 aromatic heterocycles. The number of aromatic nitrogens is 3. The fourth-order valence-electron chi connectivity index (χ4n) is 2.91. The largest absolute Gasteiger partial charge is 0.346 e. The van der Waals surface area contributed by atoms with E-state index < -0.39 is 17.3 Å². The Labute approximate surface area is 153 Å². The van der Waals surface area contributed by atoms with Crippen LogP contribution in [0.2, 0.25) is 0 Å². The summed E-state index contributed by atoms with van der Waals surface area (Å²) in [6.45, 7) is 1.69. The molecule has 0 radical (unpaired) electrons. The summed E-state index contributed by atoms with van der Waals surface area (Å²) in [4.78, 5) is 32.8. The fraction of sp³-hybridized carbons (Fsp3) is 0.0500. The molecule has 6 nitrogen and oxygen atoms in total. The minimum atomic E-state index is -0.523. The lowest BCUT2D eigenvalue weighted by molar-refractivity contribution is 0.102. The summed E-state index contributed by atoms with van der Waals surface area (Å²) in [6, 6.07) is 10.8. The number of hydrogen-bond acceptors (Lipinski definition) is 3. The van der Waals surface area contributed by atoms with Crippen LogP contribution in [0, 0.1) is 12.7 Å². The Morgan fingerprint density at radius 3 is 2.74 bits per heavy atom. The lowest BCUT2D eigenvalue weighted by Gasteiger charge is -2.11. The summed E-state index contributed by atoms with van der Waals surface area (Å²) < 4.78 is 14.5. The van der Waals surface area contributed by atoms with E-state index in [4.69, 9.17) is 0 Å². The van der Waals surface area contributed by atoms with Crippen LogP contribution in [0.25, 0.3) is 16.7 Å². The number of nitrogens with one attached hydrogen (secondary N) is 2. The van der Waals surface area contributed by atoms with E-state index in [1.807, 2.05) is 6.07 Å². The van der Waals surface area contributed by atoms with Gasteiger partial charge < -0.3 is 10.3 Å². The van der Waals surface area contributed by atoms with Crippen molar-refractivity contribution in [3.63, 3.8) is 0 Å². The fourth-order valence-corrected chi connectivity index (χ4v) is 2.91. The molecule has 0 aliphatic carbocycles. The highest BCUT2D eigenvalue weighted by atomic mass is 19.1. The number of pyridine rings is 2. The van der Waals surface area contributed by atoms with Gasteiger partial charge in [0.25, 0.3) is 11.5 Å². The minimum absolute atomic E-state index is 0.0241. The van der Waals surface area contributed by atoms with Gasteiger partial charge in [0.2, 0.25) is 0 Å². The van der Waals surface area contributed by atoms with Gasteiger partial charge in [-0.05, 0) is 55.0 Å². The van der Waals surface area contributed by atoms with Gasteiger partial charge in [0.05, 0.1) is 11.9 Å². The number of fused-ring (bicyclic) bond motifs is 1. The van der Waals surface area contributed by atoms with Crippen LogP contribution in [0.15, 0.2) is 65.8 Å². The standard InChI is InChI=1S/C20H15FN4O2/c1-12-7-9-25(16-4-2-14(21)3-5-16)20(27)17(12)19(26)24-15-10-13-6-8-22-18(13)23-11-15/h2-11H,1H3,(H,22,23)(H,24,26). The van der Waals surface area contributed by atoms with Crippen molar-refractivity contribution in [2.45, 2.75) is 6.92 Å². The summed E-state index contributed by atoms with van der Waals surface area (Å²) in [6.07, 6.45) is 4.84. The van der Waals surface area contributed by atoms with Gasteiger partial charge in [-0.25, -0.2) is 9.37 Å². The highest BCUT2D eigenvalue weighted by Gasteiger charge is 2.17. The number of aryl methyl sites for hydroxylation is 1. The Morgan fingerprint density at radius 1 is 1.19 bits per heavy atom. The Morgan fingerprint density at radius 2 is 1.96 bits per heavy atom. The Bertz CT molecular complexity index is 1210. The number of carbonyl (C=O) groups is 1. The number of aromatic amines is 1. The molecular formula is C20H15FN4O2. The zero-order valence-corrected chi connectivity index (χ0v) is 14.4. The Hall–Kier alpha value is -3.74. The number of H-pyrrole nitrogens is 1. The first-order valence-electron chi connectivity index (χ1n) is 8.25. The van der Waals surface area contributed by atoms with E-state index in [2.05, 4.69) is 15.3 Å². The molecule has 4 rings (SSSR count). The van der Waals surface area contributed by atoms with E-state index in [9.17, 15) is 14.0 Å². The second-order valence-electron chi connectivity index (χ2n) is 6.12. The van der Waals surface area contributed by atoms with Crippen molar-refractivity contribution in [2.24, 2.45) is 0 Å². The molecule has 0 bridgehead atoms. The molecule has 0 unspecified atom stereocenters. The van der Waals surface area contributed by atoms with Crippen molar-refractivity contribution < 1.29 is 9.18 Å². The molecule has 4 aromatic rings. The van der Waals surface area contributed by atoms with Crippen LogP contribution in [-0.2, 0) is 0 Å². The molecule has 0 fully saturated rings. The highest BCUT2D eigenvalue weighted by Crippen LogP contribution is 2.16. The number of anilines is 1. The molecule has 0 spiro atoms. The van der Waals surface area contributed by atoms with Gasteiger partial charge in [-0.3, -0.25) is 14.2 Å². The van der Waals surface area contributed by atoms with Crippen LogP contribution < -0.4 is 10.9 Å². The molecule has 0 aliphatic rings. The zero-order chi connectivity index (χ0) is 19.0. The summed E-state index contributed by atoms with van der Waals surface area (Å²) in [5.41, 5.74) is 1.77. The molecule has 1 amide bonds. The van der Waals surface area contributed by atoms with Gasteiger partial charge in [0, 0.05) is 23.5 Å². The maximum Gasteiger partial charge on any atom is 0.268 e. The van der Waals surface area contributed by atoms with Crippen LogP contribution in [0.1, 0.15) is 15.9 Å². The SMILES string of the molecule is Cc1ccn(-c2ccc(F)cc2)c(=O)c1C(=O)Nc1cnc2[nH]ccc2c1. The van der Waals surface area contributed by atoms with E-state index in [0.29, 0.717) is 22.6 Å². The van der Waals surface area contributed by atoms with Crippen LogP contribution >= 0.6 is 0 Å². The molecule has 0 saturated heterocycles. The van der Waals surface area contributed by atoms with Gasteiger partial charge in [-0.15, -0.1) is 0 Å². The van der Waals surface area contributed by atoms with E-state index in [1.54, 1.807) is 31.5 Å². The number of nitrogens with zero attached hydrogens (tertiary/aromatic N) is 2. The van der Waals surface area contributed by atoms with Gasteiger partial charge >= 0.3 is 0 Å². The zero-order valence-electron chi connectivity index (χ0n) is 14.4. The maximum atomic E-state index is 13.1. The first-order valence-corrected chi connectivity index (χ1v) is 8.25. The van der Waals surface area contributed by atoms with Gasteiger partial charge in [-0.1, -0.05) is 0 Å². The third-order valence-electron chi connectivity index (χ3n) is 4.29. The van der Waals surface area contributed by atoms with Gasteiger partial charge in [0.15, 0.2) is 0 Å². The normalized spacial score (nSPS) is 10.9. The van der Waals surface area contributed by atoms with Crippen molar-refractivity contribution in [1.82, 2.24) is 14.5 Å². The van der Waals surface area contributed by atoms with Crippen molar-refractivity contribution >= 4 is 22.6 Å². The predicted octanol–water partition coefficient (Wildman–Crippen LogP) is 3.41. The van der Waals surface area contributed by atoms with Gasteiger partial charge in [-0.2, -0.15) is 0 Å². The van der Waals surface area contributed by atoms with Crippen LogP contribution in [-0.4, -0.2) is 20.4 Å². The summed E-state index contributed by atoms with van der Waals surface area (Å²) in [7, 11) is 0. The van der Waals surface area contributed by atoms with Crippen molar-refractivity contribution in [2.75, 3.05) is 5.32 Å². The van der Waals surface area contributed by atoms with Crippen molar-refractivity contribution in [3.8, 4) is 5.69 Å². The predicted molar refractivity (Wildman–Crippen MR) is 101 cm³/mol. The third-order valence-corrected chi connectivity index (χ3v) is 4.29. The summed E-state index contributed by atoms with van der Waals surface area (Å²) in [5, 5.41) is 3.57. The second-order valence-corrected chi connectivity index (χ2v) is 6.12. The molecule has 7 heteroatoms. The summed E-state index contributed by atoms with van der Waals surface area (Å²) in [5.74, 6) is -0.921. The van der Waals surface area contributed by atoms with Crippen LogP contribution in [0.5, 0.6) is 0 Å². The molecule has 0 saturated carbocycles. The average molecular weight is 362 g/mol. The number of carbonyl (C=O) groups excluding carboxylic acids is 1. The Balaban J connectivity index is 1.71. The topological polar surface area (TPSA) is 79.8 Å². The van der Waals surface area contributed by atoms with E-state index in [1.165, 1.54) is 35.0 Å². The number of halogens is 1. The van der Waals surface area contributed by atoms with E-state index in [0.717, 1.165) is 5.39 Å². The van der Waals surface area contributed by atoms with Crippen LogP contribution in [0.3, 0.4) is 0 Å². The molecule has 2 N–H and O–H groups in total. The minimum Gasteiger partial charge on any atom is -0.346 e. The second kappa shape index (κ2) is 6.53. The van der Waals surface area contributed by atoms with E-state index >= 15 is 0 Å². The molecule has 27 heavy (non-hydrogen) atoms. The summed E-state index contributed by atoms with van der Waals surface area (Å²) >= 11 is 0. The smallest absolute Gasteiger partial charge is 0.268 e. The first-order chi connectivity index (χ1) is 13.0. The van der Waals surface area contributed by atoms with Crippen molar-refractivity contribution in [3.05, 3.63) is 88.4 Å². The number of hydrogen-bond donors (Lipinski definition) is 2. The molecule has 134 valence electrons. The van der Waals surface area contributed by atoms with E-state index in [-0.39, 0.29) is 5.56 Å². The molecule has 0 atom stereocenters. The third kappa shape index (κ3) is 3.10. The van der Waals surface area contributed by atoms with Crippen molar-refractivity contribution in [1.29, 1.82) is 0 Å². The number of amides is 1. The molecule has 1 aromatic carbocycles. The quantitative estimate of drug-likeness (QED) is 0.586. The highest BCUT2D eigenvalue weighted by molar-refractivity contribution is 6.05. The number of benzene rings is 1. The average Bonchev–Trinajstić information content (AvgIpc) is 3.11. The molecule has 0 aliphatic heterocycles.